The minimum Gasteiger partial charge on any atom is -0.475 e. The van der Waals surface area contributed by atoms with Gasteiger partial charge in [-0.1, -0.05) is 0 Å². The topological polar surface area (TPSA) is 129 Å². The number of imidazole rings is 1. The Morgan fingerprint density at radius 1 is 1.43 bits per heavy atom. The van der Waals surface area contributed by atoms with Crippen molar-refractivity contribution in [1.82, 2.24) is 9.55 Å². The maximum Gasteiger partial charge on any atom is 0.490 e. The van der Waals surface area contributed by atoms with Gasteiger partial charge >= 0.3 is 12.1 Å². The van der Waals surface area contributed by atoms with Crippen molar-refractivity contribution in [3.63, 3.8) is 0 Å². The van der Waals surface area contributed by atoms with Gasteiger partial charge in [-0.15, -0.1) is 0 Å². The van der Waals surface area contributed by atoms with Crippen molar-refractivity contribution in [2.24, 2.45) is 11.7 Å². The SMILES string of the molecule is N#Cc1ncn(C[C@H]2CC[C@@H](N)C2)c1C#N.O=C(O)C(F)(F)F. The highest BCUT2D eigenvalue weighted by molar-refractivity contribution is 5.73. The van der Waals surface area contributed by atoms with Crippen LogP contribution < -0.4 is 5.73 Å². The third-order valence-electron chi connectivity index (χ3n) is 3.33. The van der Waals surface area contributed by atoms with E-state index in [4.69, 9.17) is 26.2 Å². The van der Waals surface area contributed by atoms with Gasteiger partial charge in [0.05, 0.1) is 6.33 Å². The molecule has 0 spiro atoms. The summed E-state index contributed by atoms with van der Waals surface area (Å²) in [5, 5.41) is 24.9. The summed E-state index contributed by atoms with van der Waals surface area (Å²) in [6.07, 6.45) is -0.385. The van der Waals surface area contributed by atoms with E-state index in [1.807, 2.05) is 12.1 Å². The Bertz CT molecular complexity index is 642. The second-order valence-corrected chi connectivity index (χ2v) is 5.06. The van der Waals surface area contributed by atoms with E-state index in [1.54, 1.807) is 10.9 Å². The number of nitriles is 2. The van der Waals surface area contributed by atoms with Crippen LogP contribution in [-0.2, 0) is 11.3 Å². The molecule has 0 radical (unpaired) electrons. The van der Waals surface area contributed by atoms with Crippen LogP contribution in [0.15, 0.2) is 6.33 Å². The number of hydrogen-bond acceptors (Lipinski definition) is 5. The average Bonchev–Trinajstić information content (AvgIpc) is 3.04. The molecule has 0 amide bonds. The van der Waals surface area contributed by atoms with Crippen LogP contribution >= 0.6 is 0 Å². The molecule has 1 aliphatic carbocycles. The number of aromatic nitrogens is 2. The first-order valence-electron chi connectivity index (χ1n) is 6.60. The van der Waals surface area contributed by atoms with Gasteiger partial charge < -0.3 is 15.4 Å². The molecule has 2 rings (SSSR count). The Morgan fingerprint density at radius 3 is 2.43 bits per heavy atom. The highest BCUT2D eigenvalue weighted by Crippen LogP contribution is 2.26. The Morgan fingerprint density at radius 2 is 2.04 bits per heavy atom. The van der Waals surface area contributed by atoms with E-state index in [1.165, 1.54) is 0 Å². The maximum atomic E-state index is 10.6. The van der Waals surface area contributed by atoms with Gasteiger partial charge in [0, 0.05) is 12.6 Å². The van der Waals surface area contributed by atoms with E-state index in [0.29, 0.717) is 11.6 Å². The molecular weight excluding hydrogens is 315 g/mol. The second-order valence-electron chi connectivity index (χ2n) is 5.06. The van der Waals surface area contributed by atoms with Crippen molar-refractivity contribution in [2.75, 3.05) is 0 Å². The molecule has 1 aliphatic rings. The Labute approximate surface area is 129 Å². The number of aliphatic carboxylic acids is 1. The Hall–Kier alpha value is -2.59. The van der Waals surface area contributed by atoms with Gasteiger partial charge in [0.1, 0.15) is 12.1 Å². The van der Waals surface area contributed by atoms with Gasteiger partial charge in [-0.25, -0.2) is 9.78 Å². The van der Waals surface area contributed by atoms with Crippen molar-refractivity contribution in [2.45, 2.75) is 38.0 Å². The summed E-state index contributed by atoms with van der Waals surface area (Å²) >= 11 is 0. The van der Waals surface area contributed by atoms with Crippen molar-refractivity contribution >= 4 is 5.97 Å². The highest BCUT2D eigenvalue weighted by Gasteiger charge is 2.38. The lowest BCUT2D eigenvalue weighted by molar-refractivity contribution is -0.192. The number of nitrogens with two attached hydrogens (primary N) is 1. The molecule has 23 heavy (non-hydrogen) atoms. The molecule has 1 fully saturated rings. The van der Waals surface area contributed by atoms with Gasteiger partial charge in [-0.2, -0.15) is 23.7 Å². The molecule has 0 aliphatic heterocycles. The van der Waals surface area contributed by atoms with Crippen LogP contribution in [0, 0.1) is 28.6 Å². The number of hydrogen-bond donors (Lipinski definition) is 2. The first-order chi connectivity index (χ1) is 10.7. The molecule has 1 heterocycles. The van der Waals surface area contributed by atoms with Gasteiger partial charge in [-0.05, 0) is 25.2 Å². The van der Waals surface area contributed by atoms with E-state index < -0.39 is 12.1 Å². The summed E-state index contributed by atoms with van der Waals surface area (Å²) in [7, 11) is 0. The molecule has 10 heteroatoms. The van der Waals surface area contributed by atoms with Gasteiger partial charge in [0.15, 0.2) is 11.4 Å². The number of alkyl halides is 3. The lowest BCUT2D eigenvalue weighted by Gasteiger charge is -2.10. The maximum absolute atomic E-state index is 10.6. The largest absolute Gasteiger partial charge is 0.490 e. The fourth-order valence-electron chi connectivity index (χ4n) is 2.28. The number of nitrogens with zero attached hydrogens (tertiary/aromatic N) is 4. The van der Waals surface area contributed by atoms with Crippen LogP contribution in [-0.4, -0.2) is 32.8 Å². The fourth-order valence-corrected chi connectivity index (χ4v) is 2.28. The average molecular weight is 329 g/mol. The first kappa shape index (κ1) is 18.5. The number of rotatable bonds is 2. The zero-order chi connectivity index (χ0) is 17.6. The molecule has 0 unspecified atom stereocenters. The van der Waals surface area contributed by atoms with Gasteiger partial charge in [0.2, 0.25) is 0 Å². The van der Waals surface area contributed by atoms with Gasteiger partial charge in [-0.3, -0.25) is 0 Å². The van der Waals surface area contributed by atoms with E-state index in [0.717, 1.165) is 25.8 Å². The summed E-state index contributed by atoms with van der Waals surface area (Å²) in [5.41, 5.74) is 6.42. The Kier molecular flexibility index (Phi) is 6.10. The van der Waals surface area contributed by atoms with E-state index >= 15 is 0 Å². The Balaban J connectivity index is 0.000000322. The van der Waals surface area contributed by atoms with E-state index in [2.05, 4.69) is 4.98 Å². The van der Waals surface area contributed by atoms with Gasteiger partial charge in [0.25, 0.3) is 0 Å². The van der Waals surface area contributed by atoms with Crippen LogP contribution in [0.5, 0.6) is 0 Å². The zero-order valence-electron chi connectivity index (χ0n) is 11.9. The predicted octanol–water partition coefficient (Wildman–Crippen LogP) is 1.39. The van der Waals surface area contributed by atoms with Crippen LogP contribution in [0.25, 0.3) is 0 Å². The minimum atomic E-state index is -5.08. The summed E-state index contributed by atoms with van der Waals surface area (Å²) < 4.78 is 33.5. The molecule has 0 bridgehead atoms. The molecule has 1 saturated carbocycles. The fraction of sp³-hybridized carbons (Fsp3) is 0.538. The number of carboxylic acid groups (broad SMARTS) is 1. The summed E-state index contributed by atoms with van der Waals surface area (Å²) in [4.78, 5) is 12.8. The molecule has 3 N–H and O–H groups in total. The molecule has 1 aromatic heterocycles. The monoisotopic (exact) mass is 329 g/mol. The molecule has 124 valence electrons. The highest BCUT2D eigenvalue weighted by atomic mass is 19.4. The predicted molar refractivity (Wildman–Crippen MR) is 70.7 cm³/mol. The summed E-state index contributed by atoms with van der Waals surface area (Å²) in [6.45, 7) is 0.741. The van der Waals surface area contributed by atoms with Crippen molar-refractivity contribution < 1.29 is 23.1 Å². The van der Waals surface area contributed by atoms with Crippen molar-refractivity contribution in [1.29, 1.82) is 10.5 Å². The van der Waals surface area contributed by atoms with E-state index in [9.17, 15) is 13.2 Å². The molecule has 7 nitrogen and oxygen atoms in total. The van der Waals surface area contributed by atoms with Crippen LogP contribution in [0.4, 0.5) is 13.2 Å². The minimum absolute atomic E-state index is 0.213. The normalized spacial score (nSPS) is 20.1. The van der Waals surface area contributed by atoms with E-state index in [-0.39, 0.29) is 11.7 Å². The third kappa shape index (κ3) is 5.27. The van der Waals surface area contributed by atoms with Crippen LogP contribution in [0.1, 0.15) is 30.7 Å². The number of halogens is 3. The van der Waals surface area contributed by atoms with Crippen molar-refractivity contribution in [3.8, 4) is 12.1 Å². The molecule has 1 aromatic rings. The number of carboxylic acids is 1. The first-order valence-corrected chi connectivity index (χ1v) is 6.60. The smallest absolute Gasteiger partial charge is 0.475 e. The van der Waals surface area contributed by atoms with Crippen molar-refractivity contribution in [3.05, 3.63) is 17.7 Å². The summed E-state index contributed by atoms with van der Waals surface area (Å²) in [6, 6.07) is 4.23. The number of carbonyl (C=O) groups is 1. The molecule has 0 aromatic carbocycles. The lowest BCUT2D eigenvalue weighted by Crippen LogP contribution is -2.21. The zero-order valence-corrected chi connectivity index (χ0v) is 11.9. The second kappa shape index (κ2) is 7.61. The molecule has 2 atom stereocenters. The molecular formula is C13H14F3N5O2. The summed E-state index contributed by atoms with van der Waals surface area (Å²) in [5.74, 6) is -2.25. The van der Waals surface area contributed by atoms with Crippen LogP contribution in [0.2, 0.25) is 0 Å². The molecule has 0 saturated heterocycles. The standard InChI is InChI=1S/C11H13N5.C2HF3O2/c12-4-10-11(5-13)16(7-15-10)6-8-1-2-9(14)3-8;3-2(4,5)1(6)7/h7-9H,1-3,6,14H2;(H,6,7)/t8-,9+;/m0./s1. The lowest BCUT2D eigenvalue weighted by atomic mass is 10.1. The quantitative estimate of drug-likeness (QED) is 0.843. The third-order valence-corrected chi connectivity index (χ3v) is 3.33. The van der Waals surface area contributed by atoms with Crippen LogP contribution in [0.3, 0.4) is 0 Å².